The molecule has 0 fully saturated rings. The number of carboxylic acids is 1. The predicted octanol–water partition coefficient (Wildman–Crippen LogP) is 2.93. The number of rotatable bonds is 20. The number of hydrogen-bond donors (Lipinski definition) is 3. The molecule has 0 rings (SSSR count). The van der Waals surface area contributed by atoms with E-state index < -0.39 is 51.1 Å². The van der Waals surface area contributed by atoms with Crippen LogP contribution in [0.15, 0.2) is 0 Å². The summed E-state index contributed by atoms with van der Waals surface area (Å²) in [5.74, 6) is -2.43. The van der Waals surface area contributed by atoms with E-state index in [0.29, 0.717) is 12.8 Å². The quantitative estimate of drug-likeness (QED) is 0.132. The Kier molecular flexibility index (Phi) is 17.1. The van der Waals surface area contributed by atoms with Crippen LogP contribution in [-0.4, -0.2) is 59.9 Å². The molecule has 3 unspecified atom stereocenters. The first-order valence-electron chi connectivity index (χ1n) is 11.1. The van der Waals surface area contributed by atoms with Crippen LogP contribution in [0.5, 0.6) is 0 Å². The number of carboxylic acid groups (broad SMARTS) is 1. The molecule has 0 spiro atoms. The average Bonchev–Trinajstić information content (AvgIpc) is 2.74. The number of carbonyl (C=O) groups excluding carboxylic acids is 2. The maximum absolute atomic E-state index is 12.1. The predicted molar refractivity (Wildman–Crippen MR) is 116 cm³/mol. The van der Waals surface area contributed by atoms with Gasteiger partial charge in [0.15, 0.2) is 6.10 Å². The molecular formula is C20H38NO10P. The Hall–Kier alpha value is -1.52. The number of hydrogen-bond acceptors (Lipinski definition) is 9. The van der Waals surface area contributed by atoms with Gasteiger partial charge in [-0.2, -0.15) is 0 Å². The molecule has 0 saturated heterocycles. The molecule has 12 heteroatoms. The third kappa shape index (κ3) is 17.1. The summed E-state index contributed by atoms with van der Waals surface area (Å²) in [6.07, 6.45) is 6.41. The highest BCUT2D eigenvalue weighted by atomic mass is 31.2. The van der Waals surface area contributed by atoms with E-state index in [1.165, 1.54) is 0 Å². The van der Waals surface area contributed by atoms with Gasteiger partial charge in [-0.05, 0) is 12.8 Å². The highest BCUT2D eigenvalue weighted by molar-refractivity contribution is 7.47. The topological polar surface area (TPSA) is 172 Å². The Bertz CT molecular complexity index is 601. The van der Waals surface area contributed by atoms with Crippen molar-refractivity contribution in [3.8, 4) is 0 Å². The molecule has 0 aliphatic heterocycles. The molecule has 4 N–H and O–H groups in total. The second kappa shape index (κ2) is 18.0. The fraction of sp³-hybridized carbons (Fsp3) is 0.850. The molecule has 0 aliphatic carbocycles. The first-order valence-corrected chi connectivity index (χ1v) is 12.6. The maximum atomic E-state index is 12.1. The summed E-state index contributed by atoms with van der Waals surface area (Å²) in [6.45, 7) is 2.40. The third-order valence-corrected chi connectivity index (χ3v) is 5.31. The van der Waals surface area contributed by atoms with Crippen LogP contribution >= 0.6 is 7.82 Å². The second-order valence-corrected chi connectivity index (χ2v) is 8.87. The van der Waals surface area contributed by atoms with E-state index >= 15 is 0 Å². The molecule has 0 saturated carbocycles. The van der Waals surface area contributed by atoms with Crippen LogP contribution in [0.4, 0.5) is 0 Å². The molecule has 0 heterocycles. The first-order chi connectivity index (χ1) is 15.1. The van der Waals surface area contributed by atoms with Gasteiger partial charge >= 0.3 is 25.7 Å². The van der Waals surface area contributed by atoms with E-state index in [2.05, 4.69) is 11.4 Å². The van der Waals surface area contributed by atoms with Gasteiger partial charge in [-0.25, -0.2) is 4.57 Å². The van der Waals surface area contributed by atoms with Gasteiger partial charge in [-0.15, -0.1) is 0 Å². The Morgan fingerprint density at radius 2 is 1.38 bits per heavy atom. The van der Waals surface area contributed by atoms with Gasteiger partial charge in [0, 0.05) is 12.8 Å². The number of nitrogens with two attached hydrogens (primary N) is 1. The fourth-order valence-electron chi connectivity index (χ4n) is 2.47. The Morgan fingerprint density at radius 3 is 2.00 bits per heavy atom. The zero-order valence-corrected chi connectivity index (χ0v) is 19.9. The van der Waals surface area contributed by atoms with Gasteiger partial charge in [-0.3, -0.25) is 23.4 Å². The van der Waals surface area contributed by atoms with Crippen LogP contribution in [0, 0.1) is 0 Å². The van der Waals surface area contributed by atoms with Crippen molar-refractivity contribution >= 4 is 25.7 Å². The van der Waals surface area contributed by atoms with Crippen molar-refractivity contribution in [3.63, 3.8) is 0 Å². The number of unbranched alkanes of at least 4 members (excludes halogenated alkanes) is 6. The van der Waals surface area contributed by atoms with Crippen LogP contribution < -0.4 is 5.73 Å². The summed E-state index contributed by atoms with van der Waals surface area (Å²) >= 11 is 0. The molecule has 188 valence electrons. The van der Waals surface area contributed by atoms with Crippen LogP contribution in [-0.2, 0) is 37.5 Å². The zero-order chi connectivity index (χ0) is 24.4. The normalized spacial score (nSPS) is 14.9. The lowest BCUT2D eigenvalue weighted by Crippen LogP contribution is -2.34. The van der Waals surface area contributed by atoms with Crippen LogP contribution in [0.3, 0.4) is 0 Å². The monoisotopic (exact) mass is 483 g/mol. The number of ether oxygens (including phenoxy) is 2. The number of phosphoric acid groups is 1. The van der Waals surface area contributed by atoms with Crippen molar-refractivity contribution in [2.75, 3.05) is 19.8 Å². The largest absolute Gasteiger partial charge is 0.480 e. The van der Waals surface area contributed by atoms with Crippen LogP contribution in [0.2, 0.25) is 0 Å². The summed E-state index contributed by atoms with van der Waals surface area (Å²) in [6, 6.07) is -1.51. The van der Waals surface area contributed by atoms with Gasteiger partial charge in [-0.1, -0.05) is 52.4 Å². The van der Waals surface area contributed by atoms with E-state index in [1.807, 2.05) is 6.92 Å². The Labute approximate surface area is 189 Å². The summed E-state index contributed by atoms with van der Waals surface area (Å²) < 4.78 is 31.6. The first kappa shape index (κ1) is 30.5. The lowest BCUT2D eigenvalue weighted by Gasteiger charge is -2.20. The molecule has 0 aromatic rings. The van der Waals surface area contributed by atoms with Crippen LogP contribution in [0.1, 0.15) is 78.1 Å². The molecule has 0 bridgehead atoms. The van der Waals surface area contributed by atoms with E-state index in [1.54, 1.807) is 0 Å². The van der Waals surface area contributed by atoms with Crippen molar-refractivity contribution in [1.29, 1.82) is 0 Å². The smallest absolute Gasteiger partial charge is 0.472 e. The van der Waals surface area contributed by atoms with E-state index in [9.17, 15) is 23.8 Å². The van der Waals surface area contributed by atoms with Crippen molar-refractivity contribution in [3.05, 3.63) is 0 Å². The summed E-state index contributed by atoms with van der Waals surface area (Å²) in [5.41, 5.74) is 5.21. The number of carbonyl (C=O) groups is 3. The summed E-state index contributed by atoms with van der Waals surface area (Å²) in [5, 5.41) is 8.69. The molecule has 3 atom stereocenters. The van der Waals surface area contributed by atoms with Crippen molar-refractivity contribution in [1.82, 2.24) is 0 Å². The third-order valence-electron chi connectivity index (χ3n) is 4.36. The molecule has 32 heavy (non-hydrogen) atoms. The molecule has 0 amide bonds. The molecule has 0 aromatic carbocycles. The average molecular weight is 483 g/mol. The number of phosphoric ester groups is 1. The number of aliphatic carboxylic acids is 1. The fourth-order valence-corrected chi connectivity index (χ4v) is 3.25. The van der Waals surface area contributed by atoms with E-state index in [-0.39, 0.29) is 19.4 Å². The minimum absolute atomic E-state index is 0.158. The van der Waals surface area contributed by atoms with Crippen molar-refractivity contribution in [2.24, 2.45) is 5.73 Å². The molecule has 0 radical (unpaired) electrons. The lowest BCUT2D eigenvalue weighted by molar-refractivity contribution is -0.161. The van der Waals surface area contributed by atoms with Gasteiger partial charge in [0.2, 0.25) is 0 Å². The molecule has 0 aliphatic rings. The SMILES string of the molecule is CCCCCCCC(=O)OC(COC(=O)CCCCC)COP(=O)(O)OCC(N)C(=O)O. The van der Waals surface area contributed by atoms with Crippen LogP contribution in [0.25, 0.3) is 0 Å². The minimum atomic E-state index is -4.66. The van der Waals surface area contributed by atoms with Gasteiger partial charge in [0.25, 0.3) is 0 Å². The summed E-state index contributed by atoms with van der Waals surface area (Å²) in [7, 11) is -4.66. The van der Waals surface area contributed by atoms with Crippen molar-refractivity contribution in [2.45, 2.75) is 90.2 Å². The minimum Gasteiger partial charge on any atom is -0.480 e. The van der Waals surface area contributed by atoms with E-state index in [4.69, 9.17) is 24.8 Å². The second-order valence-electron chi connectivity index (χ2n) is 7.42. The van der Waals surface area contributed by atoms with Gasteiger partial charge in [0.05, 0.1) is 13.2 Å². The van der Waals surface area contributed by atoms with Gasteiger partial charge in [0.1, 0.15) is 12.6 Å². The Balaban J connectivity index is 4.68. The van der Waals surface area contributed by atoms with Gasteiger partial charge < -0.3 is 25.2 Å². The van der Waals surface area contributed by atoms with E-state index in [0.717, 1.165) is 38.5 Å². The highest BCUT2D eigenvalue weighted by Gasteiger charge is 2.28. The lowest BCUT2D eigenvalue weighted by atomic mass is 10.1. The maximum Gasteiger partial charge on any atom is 0.472 e. The zero-order valence-electron chi connectivity index (χ0n) is 19.0. The highest BCUT2D eigenvalue weighted by Crippen LogP contribution is 2.43. The molecule has 0 aromatic heterocycles. The van der Waals surface area contributed by atoms with Crippen molar-refractivity contribution < 1.29 is 47.5 Å². The number of esters is 2. The molecule has 11 nitrogen and oxygen atoms in total. The summed E-state index contributed by atoms with van der Waals surface area (Å²) in [4.78, 5) is 44.3. The Morgan fingerprint density at radius 1 is 0.844 bits per heavy atom. The standard InChI is InChI=1S/C20H38NO10P/c1-3-5-7-8-10-12-19(23)31-16(13-28-18(22)11-9-6-4-2)14-29-32(26,27)30-15-17(21)20(24)25/h16-17H,3-15,21H2,1-2H3,(H,24,25)(H,26,27). The molecular weight excluding hydrogens is 445 g/mol.